The molecule has 0 fully saturated rings. The van der Waals surface area contributed by atoms with Crippen molar-refractivity contribution in [1.82, 2.24) is 15.7 Å². The predicted molar refractivity (Wildman–Crippen MR) is 73.8 cm³/mol. The fraction of sp³-hybridized carbons (Fsp3) is 0. The number of benzene rings is 1. The Balaban J connectivity index is 2.01. The lowest BCUT2D eigenvalue weighted by Crippen LogP contribution is -2.33. The molecule has 102 valence electrons. The van der Waals surface area contributed by atoms with Crippen molar-refractivity contribution in [3.05, 3.63) is 40.9 Å². The van der Waals surface area contributed by atoms with E-state index in [9.17, 15) is 9.59 Å². The Hall–Kier alpha value is -2.58. The molecule has 0 aliphatic carbocycles. The maximum Gasteiger partial charge on any atom is 0.333 e. The molecule has 3 N–H and O–H groups in total. The van der Waals surface area contributed by atoms with E-state index in [-0.39, 0.29) is 5.13 Å². The van der Waals surface area contributed by atoms with Crippen LogP contribution in [0.5, 0.6) is 0 Å². The zero-order chi connectivity index (χ0) is 14.4. The van der Waals surface area contributed by atoms with E-state index in [4.69, 9.17) is 5.21 Å². The van der Waals surface area contributed by atoms with Crippen LogP contribution in [0.2, 0.25) is 0 Å². The van der Waals surface area contributed by atoms with Gasteiger partial charge in [-0.1, -0.05) is 47.7 Å². The lowest BCUT2D eigenvalue weighted by molar-refractivity contribution is -0.141. The van der Waals surface area contributed by atoms with Crippen LogP contribution < -0.4 is 10.8 Å². The number of anilines is 1. The second kappa shape index (κ2) is 6.55. The summed E-state index contributed by atoms with van der Waals surface area (Å²) in [5.41, 5.74) is 2.24. The molecule has 0 aliphatic heterocycles. The molecule has 0 unspecified atom stereocenters. The Labute approximate surface area is 117 Å². The van der Waals surface area contributed by atoms with Crippen molar-refractivity contribution in [3.63, 3.8) is 0 Å². The van der Waals surface area contributed by atoms with Crippen molar-refractivity contribution in [2.45, 2.75) is 0 Å². The van der Waals surface area contributed by atoms with E-state index in [2.05, 4.69) is 15.5 Å². The monoisotopic (exact) mass is 290 g/mol. The number of hydrogen-bond donors (Lipinski definition) is 3. The van der Waals surface area contributed by atoms with Gasteiger partial charge in [-0.25, -0.2) is 5.48 Å². The highest BCUT2D eigenvalue weighted by Crippen LogP contribution is 2.17. The number of rotatable bonds is 3. The number of aromatic nitrogens is 2. The van der Waals surface area contributed by atoms with Gasteiger partial charge in [0.2, 0.25) is 5.13 Å². The van der Waals surface area contributed by atoms with Crippen LogP contribution in [-0.4, -0.2) is 27.2 Å². The van der Waals surface area contributed by atoms with E-state index in [1.54, 1.807) is 6.08 Å². The number of carbonyl (C=O) groups is 2. The molecular weight excluding hydrogens is 280 g/mol. The highest BCUT2D eigenvalue weighted by atomic mass is 32.1. The van der Waals surface area contributed by atoms with Crippen LogP contribution in [0.25, 0.3) is 12.2 Å². The van der Waals surface area contributed by atoms with Crippen molar-refractivity contribution in [2.75, 3.05) is 5.32 Å². The molecule has 0 radical (unpaired) electrons. The highest BCUT2D eigenvalue weighted by molar-refractivity contribution is 7.16. The van der Waals surface area contributed by atoms with Crippen molar-refractivity contribution in [3.8, 4) is 0 Å². The van der Waals surface area contributed by atoms with Gasteiger partial charge in [0.1, 0.15) is 5.01 Å². The first-order valence-corrected chi connectivity index (χ1v) is 6.33. The fourth-order valence-corrected chi connectivity index (χ4v) is 1.93. The number of hydroxylamine groups is 1. The third-order valence-electron chi connectivity index (χ3n) is 2.19. The first-order valence-electron chi connectivity index (χ1n) is 5.51. The van der Waals surface area contributed by atoms with Gasteiger partial charge in [-0.3, -0.25) is 20.1 Å². The summed E-state index contributed by atoms with van der Waals surface area (Å²) in [5.74, 6) is -2.18. The summed E-state index contributed by atoms with van der Waals surface area (Å²) < 4.78 is 0. The van der Waals surface area contributed by atoms with Gasteiger partial charge < -0.3 is 0 Å². The number of hydrogen-bond acceptors (Lipinski definition) is 6. The Kier molecular flexibility index (Phi) is 4.53. The molecule has 0 spiro atoms. The van der Waals surface area contributed by atoms with Crippen LogP contribution in [0, 0.1) is 0 Å². The van der Waals surface area contributed by atoms with Crippen LogP contribution in [0.15, 0.2) is 30.3 Å². The van der Waals surface area contributed by atoms with Crippen molar-refractivity contribution < 1.29 is 14.8 Å². The van der Waals surface area contributed by atoms with Gasteiger partial charge in [-0.2, -0.15) is 0 Å². The Morgan fingerprint density at radius 2 is 1.85 bits per heavy atom. The molecule has 7 nitrogen and oxygen atoms in total. The summed E-state index contributed by atoms with van der Waals surface area (Å²) in [4.78, 5) is 22.0. The quantitative estimate of drug-likeness (QED) is 0.447. The molecule has 1 aromatic carbocycles. The van der Waals surface area contributed by atoms with E-state index in [0.29, 0.717) is 5.01 Å². The van der Waals surface area contributed by atoms with Crippen LogP contribution in [0.4, 0.5) is 5.13 Å². The standard InChI is InChI=1S/C12H10N4O3S/c17-10(11(18)16-19)13-12-15-14-9(20-12)7-6-8-4-2-1-3-5-8/h1-7,19H,(H,16,18)(H,13,15,17). The molecule has 0 saturated carbocycles. The first kappa shape index (κ1) is 13.8. The molecule has 2 rings (SSSR count). The summed E-state index contributed by atoms with van der Waals surface area (Å²) >= 11 is 1.11. The fourth-order valence-electron chi connectivity index (χ4n) is 1.29. The molecule has 0 aliphatic rings. The number of carbonyl (C=O) groups excluding carboxylic acids is 2. The molecule has 8 heteroatoms. The Morgan fingerprint density at radius 3 is 2.55 bits per heavy atom. The molecule has 20 heavy (non-hydrogen) atoms. The van der Waals surface area contributed by atoms with Gasteiger partial charge >= 0.3 is 11.8 Å². The minimum atomic E-state index is -1.17. The van der Waals surface area contributed by atoms with E-state index >= 15 is 0 Å². The summed E-state index contributed by atoms with van der Waals surface area (Å²) in [6, 6.07) is 9.62. The SMILES string of the molecule is O=C(NO)C(=O)Nc1nnc(C=Cc2ccccc2)s1. The summed E-state index contributed by atoms with van der Waals surface area (Å²) in [5, 5.41) is 18.8. The average molecular weight is 290 g/mol. The third-order valence-corrected chi connectivity index (χ3v) is 2.99. The van der Waals surface area contributed by atoms with Gasteiger partial charge in [-0.05, 0) is 11.6 Å². The number of amides is 2. The van der Waals surface area contributed by atoms with Crippen LogP contribution in [0.3, 0.4) is 0 Å². The molecule has 0 atom stereocenters. The Bertz CT molecular complexity index is 639. The molecular formula is C12H10N4O3S. The van der Waals surface area contributed by atoms with Gasteiger partial charge in [-0.15, -0.1) is 10.2 Å². The maximum absolute atomic E-state index is 11.2. The van der Waals surface area contributed by atoms with Crippen molar-refractivity contribution >= 4 is 40.4 Å². The smallest absolute Gasteiger partial charge is 0.292 e. The van der Waals surface area contributed by atoms with Gasteiger partial charge in [0, 0.05) is 0 Å². The molecule has 0 saturated heterocycles. The number of nitrogens with zero attached hydrogens (tertiary/aromatic N) is 2. The molecule has 2 aromatic rings. The van der Waals surface area contributed by atoms with Gasteiger partial charge in [0.25, 0.3) is 0 Å². The van der Waals surface area contributed by atoms with E-state index in [0.717, 1.165) is 16.9 Å². The maximum atomic E-state index is 11.2. The number of nitrogens with one attached hydrogen (secondary N) is 2. The first-order chi connectivity index (χ1) is 9.69. The van der Waals surface area contributed by atoms with Gasteiger partial charge in [0.15, 0.2) is 0 Å². The summed E-state index contributed by atoms with van der Waals surface area (Å²) in [7, 11) is 0. The van der Waals surface area contributed by atoms with Crippen LogP contribution in [0.1, 0.15) is 10.6 Å². The second-order valence-electron chi connectivity index (χ2n) is 3.58. The molecule has 1 heterocycles. The second-order valence-corrected chi connectivity index (χ2v) is 4.59. The predicted octanol–water partition coefficient (Wildman–Crippen LogP) is 1.15. The van der Waals surface area contributed by atoms with Crippen LogP contribution in [-0.2, 0) is 9.59 Å². The van der Waals surface area contributed by atoms with E-state index in [1.807, 2.05) is 36.4 Å². The van der Waals surface area contributed by atoms with Crippen molar-refractivity contribution in [1.29, 1.82) is 0 Å². The average Bonchev–Trinajstić information content (AvgIpc) is 2.92. The summed E-state index contributed by atoms with van der Waals surface area (Å²) in [6.45, 7) is 0. The lowest BCUT2D eigenvalue weighted by Gasteiger charge is -1.96. The van der Waals surface area contributed by atoms with E-state index < -0.39 is 11.8 Å². The molecule has 1 aromatic heterocycles. The minimum absolute atomic E-state index is 0.173. The van der Waals surface area contributed by atoms with Crippen LogP contribution >= 0.6 is 11.3 Å². The topological polar surface area (TPSA) is 104 Å². The van der Waals surface area contributed by atoms with Crippen molar-refractivity contribution in [2.24, 2.45) is 0 Å². The largest absolute Gasteiger partial charge is 0.333 e. The van der Waals surface area contributed by atoms with Gasteiger partial charge in [0.05, 0.1) is 0 Å². The normalized spacial score (nSPS) is 10.4. The molecule has 2 amide bonds. The Morgan fingerprint density at radius 1 is 1.10 bits per heavy atom. The minimum Gasteiger partial charge on any atom is -0.292 e. The zero-order valence-electron chi connectivity index (χ0n) is 10.1. The summed E-state index contributed by atoms with van der Waals surface area (Å²) in [6.07, 6.45) is 3.60. The highest BCUT2D eigenvalue weighted by Gasteiger charge is 2.14. The lowest BCUT2D eigenvalue weighted by atomic mass is 10.2. The van der Waals surface area contributed by atoms with E-state index in [1.165, 1.54) is 5.48 Å². The molecule has 0 bridgehead atoms. The third kappa shape index (κ3) is 3.70. The zero-order valence-corrected chi connectivity index (χ0v) is 10.9.